The van der Waals surface area contributed by atoms with Gasteiger partial charge in [-0.05, 0) is 41.9 Å². The van der Waals surface area contributed by atoms with Crippen molar-refractivity contribution in [2.75, 3.05) is 11.4 Å². The number of ether oxygens (including phenoxy) is 1. The molecule has 3 aliphatic rings. The van der Waals surface area contributed by atoms with Crippen molar-refractivity contribution < 1.29 is 19.5 Å². The average molecular weight is 421 g/mol. The molecule has 3 N–H and O–H groups in total. The number of carbonyl (C=O) groups is 2. The fourth-order valence-electron chi connectivity index (χ4n) is 4.93. The number of nitrogens with one attached hydrogen (secondary N) is 2. The van der Waals surface area contributed by atoms with Crippen LogP contribution in [0.25, 0.3) is 0 Å². The highest BCUT2D eigenvalue weighted by Gasteiger charge is 2.53. The predicted molar refractivity (Wildman–Crippen MR) is 114 cm³/mol. The van der Waals surface area contributed by atoms with Crippen LogP contribution in [0.3, 0.4) is 0 Å². The molecule has 2 aliphatic heterocycles. The monoisotopic (exact) mass is 421 g/mol. The number of fused-ring (bicyclic) bond motifs is 1. The molecule has 31 heavy (non-hydrogen) atoms. The normalized spacial score (nSPS) is 25.8. The second-order valence-corrected chi connectivity index (χ2v) is 8.94. The smallest absolute Gasteiger partial charge is 0.248 e. The van der Waals surface area contributed by atoms with E-state index in [0.29, 0.717) is 26.0 Å². The molecule has 7 nitrogen and oxygen atoms in total. The Hall–Kier alpha value is -2.74. The molecule has 3 unspecified atom stereocenters. The van der Waals surface area contributed by atoms with Crippen molar-refractivity contribution in [2.45, 2.75) is 44.6 Å². The van der Waals surface area contributed by atoms with Gasteiger partial charge < -0.3 is 10.1 Å². The minimum Gasteiger partial charge on any atom is -0.353 e. The molecule has 2 amide bonds. The molecule has 0 aromatic heterocycles. The molecule has 0 bridgehead atoms. The summed E-state index contributed by atoms with van der Waals surface area (Å²) in [5.41, 5.74) is 4.76. The summed E-state index contributed by atoms with van der Waals surface area (Å²) in [6, 6.07) is 17.0. The van der Waals surface area contributed by atoms with Gasteiger partial charge in [0.25, 0.3) is 0 Å². The second kappa shape index (κ2) is 8.07. The van der Waals surface area contributed by atoms with Gasteiger partial charge in [-0.25, -0.2) is 5.48 Å². The van der Waals surface area contributed by atoms with Crippen molar-refractivity contribution in [3.8, 4) is 0 Å². The van der Waals surface area contributed by atoms with Gasteiger partial charge >= 0.3 is 0 Å². The molecule has 1 saturated carbocycles. The zero-order chi connectivity index (χ0) is 21.4. The number of hydrogen-bond acceptors (Lipinski definition) is 5. The molecule has 1 saturated heterocycles. The summed E-state index contributed by atoms with van der Waals surface area (Å²) in [5, 5.41) is 12.6. The second-order valence-electron chi connectivity index (χ2n) is 8.94. The molecule has 7 heteroatoms. The van der Waals surface area contributed by atoms with Crippen LogP contribution in [-0.2, 0) is 27.4 Å². The first-order valence-corrected chi connectivity index (χ1v) is 10.8. The minimum absolute atomic E-state index is 0.0834. The van der Waals surface area contributed by atoms with E-state index >= 15 is 0 Å². The van der Waals surface area contributed by atoms with E-state index in [1.807, 2.05) is 54.6 Å². The molecule has 5 rings (SSSR count). The SMILES string of the molecule is O=C(NO)C1CC2(CC2)CNC1C(=O)N1c2ccccc2CC1OCc1ccccc1. The van der Waals surface area contributed by atoms with Crippen LogP contribution in [0.1, 0.15) is 30.4 Å². The van der Waals surface area contributed by atoms with Crippen LogP contribution in [0.5, 0.6) is 0 Å². The van der Waals surface area contributed by atoms with Crippen molar-refractivity contribution in [3.63, 3.8) is 0 Å². The van der Waals surface area contributed by atoms with Crippen LogP contribution < -0.4 is 15.7 Å². The summed E-state index contributed by atoms with van der Waals surface area (Å²) >= 11 is 0. The zero-order valence-electron chi connectivity index (χ0n) is 17.3. The highest BCUT2D eigenvalue weighted by Crippen LogP contribution is 2.52. The van der Waals surface area contributed by atoms with Crippen LogP contribution in [0.4, 0.5) is 5.69 Å². The molecule has 2 heterocycles. The standard InChI is InChI=1S/C24H27N3O4/c28-22(26-30)18-13-24(10-11-24)15-25-21(18)23(29)27-19-9-5-4-8-17(19)12-20(27)31-14-16-6-2-1-3-7-16/h1-9,18,20-21,25,30H,10-15H2,(H,26,28). The summed E-state index contributed by atoms with van der Waals surface area (Å²) in [6.45, 7) is 1.11. The van der Waals surface area contributed by atoms with Crippen LogP contribution in [0.2, 0.25) is 0 Å². The third-order valence-corrected chi connectivity index (χ3v) is 6.88. The van der Waals surface area contributed by atoms with Gasteiger partial charge in [0.1, 0.15) is 6.23 Å². The summed E-state index contributed by atoms with van der Waals surface area (Å²) in [7, 11) is 0. The van der Waals surface area contributed by atoms with Crippen molar-refractivity contribution in [1.82, 2.24) is 10.8 Å². The summed E-state index contributed by atoms with van der Waals surface area (Å²) in [5.74, 6) is -1.31. The van der Waals surface area contributed by atoms with Gasteiger partial charge in [-0.1, -0.05) is 48.5 Å². The number of benzene rings is 2. The molecule has 1 aliphatic carbocycles. The minimum atomic E-state index is -0.702. The average Bonchev–Trinajstić information content (AvgIpc) is 3.45. The molecule has 2 aromatic carbocycles. The van der Waals surface area contributed by atoms with Crippen LogP contribution in [-0.4, -0.2) is 35.8 Å². The highest BCUT2D eigenvalue weighted by molar-refractivity contribution is 6.02. The van der Waals surface area contributed by atoms with Crippen LogP contribution in [0.15, 0.2) is 54.6 Å². The van der Waals surface area contributed by atoms with Gasteiger partial charge in [0.15, 0.2) is 0 Å². The number of rotatable bonds is 5. The van der Waals surface area contributed by atoms with E-state index in [2.05, 4.69) is 5.32 Å². The molecule has 3 atom stereocenters. The number of carbonyl (C=O) groups excluding carboxylic acids is 2. The van der Waals surface area contributed by atoms with Crippen molar-refractivity contribution in [1.29, 1.82) is 0 Å². The Balaban J connectivity index is 1.40. The Labute approximate surface area is 181 Å². The van der Waals surface area contributed by atoms with Crippen molar-refractivity contribution in [3.05, 3.63) is 65.7 Å². The van der Waals surface area contributed by atoms with Crippen molar-refractivity contribution in [2.24, 2.45) is 11.3 Å². The summed E-state index contributed by atoms with van der Waals surface area (Å²) in [6.07, 6.45) is 2.86. The first-order chi connectivity index (χ1) is 15.1. The number of hydroxylamine groups is 1. The highest BCUT2D eigenvalue weighted by atomic mass is 16.5. The first-order valence-electron chi connectivity index (χ1n) is 10.8. The van der Waals surface area contributed by atoms with E-state index in [9.17, 15) is 14.8 Å². The van der Waals surface area contributed by atoms with E-state index in [4.69, 9.17) is 4.74 Å². The quantitative estimate of drug-likeness (QED) is 0.509. The van der Waals surface area contributed by atoms with Gasteiger partial charge in [0.05, 0.1) is 18.6 Å². The summed E-state index contributed by atoms with van der Waals surface area (Å²) in [4.78, 5) is 27.9. The van der Waals surface area contributed by atoms with E-state index < -0.39 is 24.1 Å². The maximum Gasteiger partial charge on any atom is 0.248 e. The van der Waals surface area contributed by atoms with Gasteiger partial charge in [-0.3, -0.25) is 19.7 Å². The van der Waals surface area contributed by atoms with Crippen LogP contribution >= 0.6 is 0 Å². The lowest BCUT2D eigenvalue weighted by Gasteiger charge is -2.38. The molecule has 1 spiro atoms. The lowest BCUT2D eigenvalue weighted by Crippen LogP contribution is -2.60. The third kappa shape index (κ3) is 3.84. The fraction of sp³-hybridized carbons (Fsp3) is 0.417. The van der Waals surface area contributed by atoms with E-state index in [1.54, 1.807) is 10.4 Å². The number of para-hydroxylation sites is 1. The predicted octanol–water partition coefficient (Wildman–Crippen LogP) is 2.38. The number of amides is 2. The van der Waals surface area contributed by atoms with Gasteiger partial charge in [-0.2, -0.15) is 0 Å². The molecular weight excluding hydrogens is 394 g/mol. The van der Waals surface area contributed by atoms with E-state index in [0.717, 1.165) is 29.7 Å². The third-order valence-electron chi connectivity index (χ3n) is 6.88. The zero-order valence-corrected chi connectivity index (χ0v) is 17.3. The Morgan fingerprint density at radius 3 is 2.61 bits per heavy atom. The summed E-state index contributed by atoms with van der Waals surface area (Å²) < 4.78 is 6.20. The maximum atomic E-state index is 13.8. The lowest BCUT2D eigenvalue weighted by molar-refractivity contribution is -0.140. The molecule has 162 valence electrons. The molecule has 2 aromatic rings. The fourth-order valence-corrected chi connectivity index (χ4v) is 4.93. The number of piperidine rings is 1. The lowest BCUT2D eigenvalue weighted by atomic mass is 9.81. The van der Waals surface area contributed by atoms with Crippen LogP contribution in [0, 0.1) is 11.3 Å². The Kier molecular flexibility index (Phi) is 5.25. The molecule has 0 radical (unpaired) electrons. The Bertz CT molecular complexity index is 976. The Morgan fingerprint density at radius 1 is 1.13 bits per heavy atom. The molecule has 2 fully saturated rings. The maximum absolute atomic E-state index is 13.8. The number of nitrogens with zero attached hydrogens (tertiary/aromatic N) is 1. The van der Waals surface area contributed by atoms with Crippen molar-refractivity contribution >= 4 is 17.5 Å². The Morgan fingerprint density at radius 2 is 1.87 bits per heavy atom. The molecular formula is C24H27N3O4. The largest absolute Gasteiger partial charge is 0.353 e. The number of hydrogen-bond donors (Lipinski definition) is 3. The number of anilines is 1. The van der Waals surface area contributed by atoms with Gasteiger partial charge in [0, 0.05) is 18.7 Å². The topological polar surface area (TPSA) is 90.9 Å². The van der Waals surface area contributed by atoms with Gasteiger partial charge in [0.2, 0.25) is 11.8 Å². The van der Waals surface area contributed by atoms with E-state index in [1.165, 1.54) is 0 Å². The van der Waals surface area contributed by atoms with Gasteiger partial charge in [-0.15, -0.1) is 0 Å². The van der Waals surface area contributed by atoms with E-state index in [-0.39, 0.29) is 11.3 Å². The first kappa shape index (κ1) is 20.2.